The van der Waals surface area contributed by atoms with E-state index in [-0.39, 0.29) is 48.9 Å². The van der Waals surface area contributed by atoms with Crippen LogP contribution in [0.1, 0.15) is 36.0 Å². The van der Waals surface area contributed by atoms with Gasteiger partial charge in [-0.15, -0.1) is 0 Å². The van der Waals surface area contributed by atoms with Crippen molar-refractivity contribution in [2.24, 2.45) is 7.05 Å². The van der Waals surface area contributed by atoms with Crippen LogP contribution in [0, 0.1) is 5.82 Å². The molecule has 4 aromatic rings. The summed E-state index contributed by atoms with van der Waals surface area (Å²) in [6.07, 6.45) is 2.93. The maximum Gasteiger partial charge on any atom is 0.256 e. The second-order valence-corrected chi connectivity index (χ2v) is 9.57. The fourth-order valence-corrected chi connectivity index (χ4v) is 4.65. The fourth-order valence-electron chi connectivity index (χ4n) is 4.65. The summed E-state index contributed by atoms with van der Waals surface area (Å²) >= 11 is 0. The first-order chi connectivity index (χ1) is 19.2. The average molecular weight is 556 g/mol. The number of amides is 1. The summed E-state index contributed by atoms with van der Waals surface area (Å²) in [4.78, 5) is 17.2. The number of ether oxygens (including phenoxy) is 3. The fraction of sp³-hybridized carbons (Fsp3) is 0.321. The highest BCUT2D eigenvalue weighted by Gasteiger charge is 2.35. The average Bonchev–Trinajstić information content (AvgIpc) is 3.30. The highest BCUT2D eigenvalue weighted by atomic mass is 19.3. The highest BCUT2D eigenvalue weighted by molar-refractivity contribution is 5.99. The minimum atomic E-state index is -2.69. The lowest BCUT2D eigenvalue weighted by Gasteiger charge is -2.28. The Morgan fingerprint density at radius 2 is 1.75 bits per heavy atom. The highest BCUT2D eigenvalue weighted by Crippen LogP contribution is 2.38. The smallest absolute Gasteiger partial charge is 0.256 e. The molecule has 40 heavy (non-hydrogen) atoms. The minimum absolute atomic E-state index is 0.0269. The molecule has 0 spiro atoms. The molecule has 1 fully saturated rings. The number of aromatic nitrogens is 3. The number of fused-ring (bicyclic) bond motifs is 1. The molecule has 0 aliphatic heterocycles. The van der Waals surface area contributed by atoms with Gasteiger partial charge in [-0.1, -0.05) is 0 Å². The van der Waals surface area contributed by atoms with Crippen LogP contribution in [0.2, 0.25) is 0 Å². The van der Waals surface area contributed by atoms with Gasteiger partial charge < -0.3 is 24.8 Å². The van der Waals surface area contributed by atoms with Crippen molar-refractivity contribution in [2.75, 3.05) is 19.5 Å². The Bertz CT molecular complexity index is 1550. The molecule has 1 amide bonds. The van der Waals surface area contributed by atoms with Crippen LogP contribution < -0.4 is 24.8 Å². The molecule has 210 valence electrons. The van der Waals surface area contributed by atoms with Gasteiger partial charge in [0.1, 0.15) is 11.3 Å². The molecule has 0 bridgehead atoms. The van der Waals surface area contributed by atoms with Crippen molar-refractivity contribution in [2.45, 2.75) is 37.6 Å². The van der Waals surface area contributed by atoms with Crippen LogP contribution >= 0.6 is 0 Å². The second-order valence-electron chi connectivity index (χ2n) is 9.57. The number of methoxy groups -OCH3 is 2. The molecular weight excluding hydrogens is 527 g/mol. The third-order valence-corrected chi connectivity index (χ3v) is 6.75. The molecule has 0 atom stereocenters. The number of nitrogens with zero attached hydrogens (tertiary/aromatic N) is 3. The third-order valence-electron chi connectivity index (χ3n) is 6.75. The standard InChI is InChI=1S/C28H28F3N5O4/c1-36-15-19(27(37)34-16-6-9-28(30,31)10-7-16)26(35-36)33-17-4-5-23(20(29)12-17)40-22-8-11-32-21-14-25(39-3)24(38-2)13-18(21)22/h4-5,8,11-16H,6-7,9-10H2,1-3H3,(H,33,35)(H,34,37). The Morgan fingerprint density at radius 1 is 1.02 bits per heavy atom. The third kappa shape index (κ3) is 5.75. The Balaban J connectivity index is 1.32. The van der Waals surface area contributed by atoms with Gasteiger partial charge in [0.25, 0.3) is 5.91 Å². The summed E-state index contributed by atoms with van der Waals surface area (Å²) in [5, 5.41) is 10.6. The summed E-state index contributed by atoms with van der Waals surface area (Å²) in [6.45, 7) is 0. The van der Waals surface area contributed by atoms with Crippen LogP contribution in [0.5, 0.6) is 23.0 Å². The van der Waals surface area contributed by atoms with Crippen LogP contribution in [-0.4, -0.2) is 46.9 Å². The molecule has 1 aliphatic carbocycles. The molecule has 0 unspecified atom stereocenters. The lowest BCUT2D eigenvalue weighted by atomic mass is 9.92. The van der Waals surface area contributed by atoms with Gasteiger partial charge >= 0.3 is 0 Å². The zero-order valence-corrected chi connectivity index (χ0v) is 22.1. The number of rotatable bonds is 8. The number of aryl methyl sites for hydroxylation is 1. The first kappa shape index (κ1) is 27.1. The zero-order chi connectivity index (χ0) is 28.4. The predicted octanol–water partition coefficient (Wildman–Crippen LogP) is 5.97. The predicted molar refractivity (Wildman–Crippen MR) is 142 cm³/mol. The van der Waals surface area contributed by atoms with Gasteiger partial charge in [-0.3, -0.25) is 14.5 Å². The number of anilines is 2. The summed E-state index contributed by atoms with van der Waals surface area (Å²) in [7, 11) is 4.68. The number of carbonyl (C=O) groups excluding carboxylic acids is 1. The first-order valence-corrected chi connectivity index (χ1v) is 12.6. The van der Waals surface area contributed by atoms with E-state index in [1.54, 1.807) is 37.5 Å². The van der Waals surface area contributed by atoms with Crippen LogP contribution in [0.4, 0.5) is 24.7 Å². The number of hydrogen-bond acceptors (Lipinski definition) is 7. The second kappa shape index (κ2) is 10.9. The van der Waals surface area contributed by atoms with Crippen molar-refractivity contribution in [3.05, 3.63) is 60.2 Å². The number of benzene rings is 2. The molecule has 2 N–H and O–H groups in total. The van der Waals surface area contributed by atoms with Gasteiger partial charge in [0.15, 0.2) is 28.9 Å². The van der Waals surface area contributed by atoms with Crippen LogP contribution in [0.3, 0.4) is 0 Å². The quantitative estimate of drug-likeness (QED) is 0.276. The monoisotopic (exact) mass is 555 g/mol. The maximum atomic E-state index is 15.1. The molecule has 2 aromatic heterocycles. The van der Waals surface area contributed by atoms with Crippen molar-refractivity contribution >= 4 is 28.3 Å². The summed E-state index contributed by atoms with van der Waals surface area (Å²) in [5.41, 5.74) is 1.13. The molecular formula is C28H28F3N5O4. The van der Waals surface area contributed by atoms with Gasteiger partial charge in [0.2, 0.25) is 5.92 Å². The number of halogens is 3. The number of pyridine rings is 1. The minimum Gasteiger partial charge on any atom is -0.493 e. The van der Waals surface area contributed by atoms with Crippen molar-refractivity contribution < 1.29 is 32.2 Å². The van der Waals surface area contributed by atoms with Crippen LogP contribution in [0.25, 0.3) is 10.9 Å². The van der Waals surface area contributed by atoms with E-state index in [0.717, 1.165) is 0 Å². The summed E-state index contributed by atoms with van der Waals surface area (Å²) in [6, 6.07) is 8.94. The molecule has 0 radical (unpaired) electrons. The number of nitrogens with one attached hydrogen (secondary N) is 2. The molecule has 2 heterocycles. The normalized spacial score (nSPS) is 15.1. The Morgan fingerprint density at radius 3 is 2.45 bits per heavy atom. The van der Waals surface area contributed by atoms with Crippen molar-refractivity contribution in [3.63, 3.8) is 0 Å². The molecule has 9 nitrogen and oxygen atoms in total. The number of carbonyl (C=O) groups is 1. The van der Waals surface area contributed by atoms with Gasteiger partial charge in [0, 0.05) is 61.5 Å². The van der Waals surface area contributed by atoms with Crippen molar-refractivity contribution in [1.29, 1.82) is 0 Å². The van der Waals surface area contributed by atoms with Gasteiger partial charge in [-0.25, -0.2) is 13.2 Å². The van der Waals surface area contributed by atoms with Gasteiger partial charge in [0.05, 0.1) is 19.7 Å². The van der Waals surface area contributed by atoms with E-state index in [2.05, 4.69) is 20.7 Å². The summed E-state index contributed by atoms with van der Waals surface area (Å²) < 4.78 is 60.1. The lowest BCUT2D eigenvalue weighted by molar-refractivity contribution is -0.0399. The van der Waals surface area contributed by atoms with E-state index in [1.165, 1.54) is 37.2 Å². The maximum absolute atomic E-state index is 15.1. The van der Waals surface area contributed by atoms with E-state index in [1.807, 2.05) is 0 Å². The van der Waals surface area contributed by atoms with E-state index >= 15 is 4.39 Å². The van der Waals surface area contributed by atoms with Gasteiger partial charge in [-0.05, 0) is 37.1 Å². The topological polar surface area (TPSA) is 99.5 Å². The van der Waals surface area contributed by atoms with E-state index < -0.39 is 17.6 Å². The summed E-state index contributed by atoms with van der Waals surface area (Å²) in [5.74, 6) is -2.25. The Hall–Kier alpha value is -4.48. The van der Waals surface area contributed by atoms with Crippen molar-refractivity contribution in [3.8, 4) is 23.0 Å². The number of hydrogen-bond donors (Lipinski definition) is 2. The van der Waals surface area contributed by atoms with E-state index in [4.69, 9.17) is 14.2 Å². The molecule has 0 saturated heterocycles. The van der Waals surface area contributed by atoms with Gasteiger partial charge in [-0.2, -0.15) is 5.10 Å². The Kier molecular flexibility index (Phi) is 7.42. The largest absolute Gasteiger partial charge is 0.493 e. The van der Waals surface area contributed by atoms with Crippen molar-refractivity contribution in [1.82, 2.24) is 20.1 Å². The molecule has 12 heteroatoms. The SMILES string of the molecule is COc1cc2nccc(Oc3ccc(Nc4nn(C)cc4C(=O)NC4CCC(F)(F)CC4)cc3F)c2cc1OC. The van der Waals surface area contributed by atoms with E-state index in [9.17, 15) is 13.6 Å². The molecule has 2 aromatic carbocycles. The van der Waals surface area contributed by atoms with Crippen LogP contribution in [0.15, 0.2) is 48.8 Å². The first-order valence-electron chi connectivity index (χ1n) is 12.6. The molecule has 1 saturated carbocycles. The Labute approximate surface area is 228 Å². The van der Waals surface area contributed by atoms with Crippen LogP contribution in [-0.2, 0) is 7.05 Å². The lowest BCUT2D eigenvalue weighted by Crippen LogP contribution is -2.40. The van der Waals surface area contributed by atoms with E-state index in [0.29, 0.717) is 33.8 Å². The molecule has 5 rings (SSSR count). The number of alkyl halides is 2. The molecule has 1 aliphatic rings. The zero-order valence-electron chi connectivity index (χ0n) is 22.1.